The molecule has 134 valence electrons. The number of primary amides is 1. The first-order valence-electron chi connectivity index (χ1n) is 8.04. The molecule has 0 saturated heterocycles. The van der Waals surface area contributed by atoms with Crippen LogP contribution in [0.3, 0.4) is 0 Å². The van der Waals surface area contributed by atoms with Crippen molar-refractivity contribution in [2.45, 2.75) is 44.7 Å². The van der Waals surface area contributed by atoms with Gasteiger partial charge in [-0.25, -0.2) is 0 Å². The maximum atomic E-state index is 12.1. The van der Waals surface area contributed by atoms with Crippen molar-refractivity contribution in [2.24, 2.45) is 5.73 Å². The van der Waals surface area contributed by atoms with Crippen LogP contribution in [0.25, 0.3) is 0 Å². The van der Waals surface area contributed by atoms with Crippen LogP contribution in [0.1, 0.15) is 32.6 Å². The van der Waals surface area contributed by atoms with Crippen LogP contribution in [-0.4, -0.2) is 63.4 Å². The molecular weight excluding hydrogens is 298 g/mol. The average Bonchev–Trinajstić information content (AvgIpc) is 2.50. The number of rotatable bonds is 14. The highest BCUT2D eigenvalue weighted by Gasteiger charge is 2.15. The van der Waals surface area contributed by atoms with E-state index in [0.717, 1.165) is 12.8 Å². The van der Waals surface area contributed by atoms with E-state index in [-0.39, 0.29) is 36.2 Å². The largest absolute Gasteiger partial charge is 0.368 e. The third kappa shape index (κ3) is 10.8. The topological polar surface area (TPSA) is 125 Å². The molecule has 0 bridgehead atoms. The first-order valence-corrected chi connectivity index (χ1v) is 8.04. The van der Waals surface area contributed by atoms with E-state index in [1.165, 1.54) is 6.92 Å². The molecule has 0 aromatic heterocycles. The minimum atomic E-state index is -0.363. The number of hydrogen-bond acceptors (Lipinski definition) is 6. The fourth-order valence-corrected chi connectivity index (χ4v) is 2.23. The Morgan fingerprint density at radius 3 is 2.04 bits per heavy atom. The van der Waals surface area contributed by atoms with Crippen molar-refractivity contribution in [1.82, 2.24) is 21.3 Å². The summed E-state index contributed by atoms with van der Waals surface area (Å²) in [5.41, 5.74) is 5.23. The van der Waals surface area contributed by atoms with Crippen LogP contribution in [0.4, 0.5) is 0 Å². The smallest absolute Gasteiger partial charge is 0.234 e. The fraction of sp³-hybridized carbons (Fsp3) is 0.800. The van der Waals surface area contributed by atoms with Crippen LogP contribution in [0.15, 0.2) is 0 Å². The van der Waals surface area contributed by atoms with Gasteiger partial charge in [-0.2, -0.15) is 0 Å². The summed E-state index contributed by atoms with van der Waals surface area (Å²) in [6, 6.07) is -0.543. The highest BCUT2D eigenvalue weighted by Crippen LogP contribution is 1.98. The second-order valence-electron chi connectivity index (χ2n) is 5.50. The van der Waals surface area contributed by atoms with Crippen molar-refractivity contribution in [3.05, 3.63) is 0 Å². The molecule has 0 rings (SSSR count). The summed E-state index contributed by atoms with van der Waals surface area (Å²) in [4.78, 5) is 33.9. The Morgan fingerprint density at radius 1 is 0.957 bits per heavy atom. The van der Waals surface area contributed by atoms with Crippen LogP contribution in [0.5, 0.6) is 0 Å². The van der Waals surface area contributed by atoms with Crippen molar-refractivity contribution in [3.8, 4) is 0 Å². The zero-order valence-electron chi connectivity index (χ0n) is 14.4. The molecule has 0 aliphatic rings. The summed E-state index contributed by atoms with van der Waals surface area (Å²) < 4.78 is 0. The second-order valence-corrected chi connectivity index (χ2v) is 5.50. The number of hydrogen-bond donors (Lipinski definition) is 5. The molecule has 0 aromatic rings. The van der Waals surface area contributed by atoms with Crippen molar-refractivity contribution in [2.75, 3.05) is 33.7 Å². The summed E-state index contributed by atoms with van der Waals surface area (Å²) in [5.74, 6) is -0.330. The first-order chi connectivity index (χ1) is 10.9. The van der Waals surface area contributed by atoms with Crippen LogP contribution >= 0.6 is 0 Å². The Morgan fingerprint density at radius 2 is 1.52 bits per heavy atom. The second kappa shape index (κ2) is 13.0. The SMILES string of the molecule is CNC(CCCNCC(=O)C(CCCNC(C)=O)NC)C(N)=O. The predicted molar refractivity (Wildman–Crippen MR) is 89.9 cm³/mol. The number of carbonyl (C=O) groups excluding carboxylic acids is 3. The summed E-state index contributed by atoms with van der Waals surface area (Å²) in [6.45, 7) is 2.99. The molecule has 0 aromatic carbocycles. The number of Topliss-reactive ketones (excluding diaryl/α,β-unsaturated/α-hetero) is 1. The molecule has 2 atom stereocenters. The van der Waals surface area contributed by atoms with Gasteiger partial charge in [-0.05, 0) is 46.3 Å². The molecular formula is C15H31N5O3. The predicted octanol–water partition coefficient (Wildman–Crippen LogP) is -1.50. The lowest BCUT2D eigenvalue weighted by Crippen LogP contribution is -2.41. The molecule has 0 aliphatic heterocycles. The van der Waals surface area contributed by atoms with Crippen LogP contribution in [-0.2, 0) is 14.4 Å². The molecule has 2 unspecified atom stereocenters. The van der Waals surface area contributed by atoms with Gasteiger partial charge in [-0.1, -0.05) is 0 Å². The molecule has 0 radical (unpaired) electrons. The van der Waals surface area contributed by atoms with Gasteiger partial charge in [0.25, 0.3) is 0 Å². The normalized spacial score (nSPS) is 13.3. The molecule has 8 heteroatoms. The fourth-order valence-electron chi connectivity index (χ4n) is 2.23. The van der Waals surface area contributed by atoms with Gasteiger partial charge >= 0.3 is 0 Å². The van der Waals surface area contributed by atoms with Crippen molar-refractivity contribution >= 4 is 17.6 Å². The molecule has 0 heterocycles. The van der Waals surface area contributed by atoms with E-state index >= 15 is 0 Å². The highest BCUT2D eigenvalue weighted by molar-refractivity contribution is 5.85. The number of amides is 2. The molecule has 23 heavy (non-hydrogen) atoms. The minimum absolute atomic E-state index is 0.0603. The lowest BCUT2D eigenvalue weighted by molar-refractivity contribution is -0.121. The summed E-state index contributed by atoms with van der Waals surface area (Å²) in [6.07, 6.45) is 2.83. The van der Waals surface area contributed by atoms with E-state index in [1.54, 1.807) is 14.1 Å². The van der Waals surface area contributed by atoms with E-state index in [0.29, 0.717) is 25.9 Å². The number of ketones is 1. The maximum absolute atomic E-state index is 12.1. The Hall–Kier alpha value is -1.51. The van der Waals surface area contributed by atoms with E-state index < -0.39 is 0 Å². The summed E-state index contributed by atoms with van der Waals surface area (Å²) >= 11 is 0. The van der Waals surface area contributed by atoms with E-state index in [9.17, 15) is 14.4 Å². The maximum Gasteiger partial charge on any atom is 0.234 e. The van der Waals surface area contributed by atoms with Crippen molar-refractivity contribution in [1.29, 1.82) is 0 Å². The molecule has 8 nitrogen and oxygen atoms in total. The third-order valence-corrected chi connectivity index (χ3v) is 3.62. The standard InChI is InChI=1S/C15H31N5O3/c1-11(21)20-9-5-6-12(17-2)14(22)10-19-8-4-7-13(18-3)15(16)23/h12-13,17-19H,4-10H2,1-3H3,(H2,16,23)(H,20,21). The number of nitrogens with one attached hydrogen (secondary N) is 4. The quantitative estimate of drug-likeness (QED) is 0.247. The summed E-state index contributed by atoms with van der Waals surface area (Å²) in [5, 5.41) is 11.7. The van der Waals surface area contributed by atoms with Gasteiger partial charge in [0.05, 0.1) is 18.6 Å². The van der Waals surface area contributed by atoms with Crippen molar-refractivity contribution in [3.63, 3.8) is 0 Å². The Bertz CT molecular complexity index is 376. The van der Waals surface area contributed by atoms with E-state index in [1.807, 2.05) is 0 Å². The Balaban J connectivity index is 3.84. The van der Waals surface area contributed by atoms with Crippen molar-refractivity contribution < 1.29 is 14.4 Å². The molecule has 0 aliphatic carbocycles. The van der Waals surface area contributed by atoms with Gasteiger partial charge in [0, 0.05) is 13.5 Å². The monoisotopic (exact) mass is 329 g/mol. The first kappa shape index (κ1) is 21.5. The zero-order valence-corrected chi connectivity index (χ0v) is 14.4. The van der Waals surface area contributed by atoms with Crippen LogP contribution in [0, 0.1) is 0 Å². The highest BCUT2D eigenvalue weighted by atomic mass is 16.2. The molecule has 6 N–H and O–H groups in total. The Labute approximate surface area is 138 Å². The van der Waals surface area contributed by atoms with Crippen LogP contribution in [0.2, 0.25) is 0 Å². The molecule has 0 spiro atoms. The Kier molecular flexibility index (Phi) is 12.1. The van der Waals surface area contributed by atoms with Gasteiger partial charge in [0.15, 0.2) is 5.78 Å². The van der Waals surface area contributed by atoms with E-state index in [4.69, 9.17) is 5.73 Å². The van der Waals surface area contributed by atoms with Crippen LogP contribution < -0.4 is 27.0 Å². The van der Waals surface area contributed by atoms with Gasteiger partial charge in [0.2, 0.25) is 11.8 Å². The van der Waals surface area contributed by atoms with Gasteiger partial charge in [-0.3, -0.25) is 14.4 Å². The number of nitrogens with two attached hydrogens (primary N) is 1. The number of carbonyl (C=O) groups is 3. The lowest BCUT2D eigenvalue weighted by Gasteiger charge is -2.16. The van der Waals surface area contributed by atoms with E-state index in [2.05, 4.69) is 21.3 Å². The lowest BCUT2D eigenvalue weighted by atomic mass is 10.1. The summed E-state index contributed by atoms with van der Waals surface area (Å²) in [7, 11) is 3.45. The minimum Gasteiger partial charge on any atom is -0.368 e. The van der Waals surface area contributed by atoms with Gasteiger partial charge < -0.3 is 27.0 Å². The zero-order chi connectivity index (χ0) is 17.7. The molecule has 0 saturated carbocycles. The average molecular weight is 329 g/mol. The molecule has 2 amide bonds. The third-order valence-electron chi connectivity index (χ3n) is 3.62. The number of likely N-dealkylation sites (N-methyl/N-ethyl adjacent to an activating group) is 2. The van der Waals surface area contributed by atoms with Gasteiger partial charge in [-0.15, -0.1) is 0 Å². The van der Waals surface area contributed by atoms with Gasteiger partial charge in [0.1, 0.15) is 0 Å². The molecule has 0 fully saturated rings.